The van der Waals surface area contributed by atoms with E-state index in [0.717, 1.165) is 29.6 Å². The van der Waals surface area contributed by atoms with Crippen LogP contribution in [0.25, 0.3) is 11.0 Å². The van der Waals surface area contributed by atoms with Gasteiger partial charge in [0, 0.05) is 11.4 Å². The van der Waals surface area contributed by atoms with Crippen LogP contribution in [0.2, 0.25) is 0 Å². The van der Waals surface area contributed by atoms with Crippen molar-refractivity contribution < 1.29 is 14.3 Å². The lowest BCUT2D eigenvalue weighted by atomic mass is 10.1. The molecule has 1 fully saturated rings. The first-order valence-corrected chi connectivity index (χ1v) is 7.61. The number of aliphatic carboxylic acids is 1. The molecule has 1 aromatic heterocycles. The molecule has 4 heteroatoms. The first-order chi connectivity index (χ1) is 10.1. The van der Waals surface area contributed by atoms with Gasteiger partial charge in [-0.3, -0.25) is 9.69 Å². The molecule has 1 heterocycles. The van der Waals surface area contributed by atoms with E-state index in [1.807, 2.05) is 37.3 Å². The average molecular weight is 287 g/mol. The molecule has 112 valence electrons. The smallest absolute Gasteiger partial charge is 0.317 e. The largest absolute Gasteiger partial charge is 0.480 e. The minimum Gasteiger partial charge on any atom is -0.480 e. The number of nitrogens with zero attached hydrogens (tertiary/aromatic N) is 1. The van der Waals surface area contributed by atoms with Crippen LogP contribution in [0.3, 0.4) is 0 Å². The zero-order valence-electron chi connectivity index (χ0n) is 12.3. The monoisotopic (exact) mass is 287 g/mol. The molecule has 2 aromatic rings. The number of rotatable bonds is 5. The molecule has 21 heavy (non-hydrogen) atoms. The third kappa shape index (κ3) is 2.95. The molecule has 3 rings (SSSR count). The van der Waals surface area contributed by atoms with Gasteiger partial charge in [-0.25, -0.2) is 0 Å². The highest BCUT2D eigenvalue weighted by Crippen LogP contribution is 2.33. The Morgan fingerprint density at radius 3 is 2.76 bits per heavy atom. The van der Waals surface area contributed by atoms with Crippen molar-refractivity contribution in [3.8, 4) is 0 Å². The fraction of sp³-hybridized carbons (Fsp3) is 0.471. The van der Waals surface area contributed by atoms with Crippen molar-refractivity contribution in [2.24, 2.45) is 0 Å². The quantitative estimate of drug-likeness (QED) is 0.908. The lowest BCUT2D eigenvalue weighted by Gasteiger charge is -2.31. The molecule has 0 aliphatic heterocycles. The number of furan rings is 1. The van der Waals surface area contributed by atoms with Crippen molar-refractivity contribution in [3.05, 3.63) is 36.1 Å². The number of carbonyl (C=O) groups is 1. The fourth-order valence-corrected chi connectivity index (χ4v) is 3.35. The maximum Gasteiger partial charge on any atom is 0.317 e. The Balaban J connectivity index is 1.87. The van der Waals surface area contributed by atoms with E-state index in [9.17, 15) is 9.90 Å². The molecule has 4 nitrogen and oxygen atoms in total. The van der Waals surface area contributed by atoms with Gasteiger partial charge in [0.15, 0.2) is 0 Å². The Morgan fingerprint density at radius 2 is 2.10 bits per heavy atom. The summed E-state index contributed by atoms with van der Waals surface area (Å²) in [5.41, 5.74) is 0.862. The lowest BCUT2D eigenvalue weighted by Crippen LogP contribution is -2.39. The van der Waals surface area contributed by atoms with Gasteiger partial charge >= 0.3 is 5.97 Å². The summed E-state index contributed by atoms with van der Waals surface area (Å²) in [7, 11) is 0. The molecule has 1 saturated carbocycles. The highest BCUT2D eigenvalue weighted by Gasteiger charge is 2.30. The van der Waals surface area contributed by atoms with Crippen LogP contribution in [-0.4, -0.2) is 28.6 Å². The molecular formula is C17H21NO3. The number of hydrogen-bond acceptors (Lipinski definition) is 3. The Labute approximate surface area is 124 Å². The van der Waals surface area contributed by atoms with Gasteiger partial charge in [-0.05, 0) is 31.9 Å². The molecule has 0 saturated heterocycles. The summed E-state index contributed by atoms with van der Waals surface area (Å²) in [6.07, 6.45) is 4.54. The number of fused-ring (bicyclic) bond motifs is 1. The summed E-state index contributed by atoms with van der Waals surface area (Å²) in [4.78, 5) is 13.3. The SMILES string of the molecule is CC(c1cc2ccccc2o1)N(CC(=O)O)C1CCCC1. The highest BCUT2D eigenvalue weighted by molar-refractivity contribution is 5.77. The Morgan fingerprint density at radius 1 is 1.38 bits per heavy atom. The van der Waals surface area contributed by atoms with Crippen molar-refractivity contribution >= 4 is 16.9 Å². The molecule has 1 aromatic carbocycles. The highest BCUT2D eigenvalue weighted by atomic mass is 16.4. The van der Waals surface area contributed by atoms with Crippen LogP contribution in [-0.2, 0) is 4.79 Å². The molecule has 1 unspecified atom stereocenters. The summed E-state index contributed by atoms with van der Waals surface area (Å²) in [6, 6.07) is 10.3. The summed E-state index contributed by atoms with van der Waals surface area (Å²) >= 11 is 0. The van der Waals surface area contributed by atoms with Gasteiger partial charge in [0.1, 0.15) is 11.3 Å². The van der Waals surface area contributed by atoms with Gasteiger partial charge in [-0.1, -0.05) is 31.0 Å². The summed E-state index contributed by atoms with van der Waals surface area (Å²) in [5.74, 6) is 0.0780. The van der Waals surface area contributed by atoms with E-state index in [1.54, 1.807) is 0 Å². The predicted octanol–water partition coefficient (Wildman–Crippen LogP) is 3.82. The number of carboxylic acids is 1. The maximum absolute atomic E-state index is 11.2. The third-order valence-electron chi connectivity index (χ3n) is 4.47. The van der Waals surface area contributed by atoms with Crippen LogP contribution in [0.15, 0.2) is 34.7 Å². The van der Waals surface area contributed by atoms with Gasteiger partial charge in [0.25, 0.3) is 0 Å². The van der Waals surface area contributed by atoms with Crippen molar-refractivity contribution in [2.45, 2.75) is 44.7 Å². The fourth-order valence-electron chi connectivity index (χ4n) is 3.35. The Kier molecular flexibility index (Phi) is 3.97. The summed E-state index contributed by atoms with van der Waals surface area (Å²) in [6.45, 7) is 2.11. The van der Waals surface area contributed by atoms with Crippen molar-refractivity contribution in [1.82, 2.24) is 4.90 Å². The second-order valence-corrected chi connectivity index (χ2v) is 5.87. The van der Waals surface area contributed by atoms with Crippen LogP contribution in [0, 0.1) is 0 Å². The Hall–Kier alpha value is -1.81. The first kappa shape index (κ1) is 14.1. The van der Waals surface area contributed by atoms with Gasteiger partial charge < -0.3 is 9.52 Å². The molecule has 1 atom stereocenters. The lowest BCUT2D eigenvalue weighted by molar-refractivity contribution is -0.139. The third-order valence-corrected chi connectivity index (χ3v) is 4.47. The predicted molar refractivity (Wildman–Crippen MR) is 81.2 cm³/mol. The van der Waals surface area contributed by atoms with E-state index >= 15 is 0 Å². The molecule has 1 N–H and O–H groups in total. The van der Waals surface area contributed by atoms with Crippen molar-refractivity contribution in [1.29, 1.82) is 0 Å². The van der Waals surface area contributed by atoms with Crippen molar-refractivity contribution in [3.63, 3.8) is 0 Å². The number of hydrogen-bond donors (Lipinski definition) is 1. The average Bonchev–Trinajstić information content (AvgIpc) is 3.12. The van der Waals surface area contributed by atoms with E-state index in [1.165, 1.54) is 12.8 Å². The van der Waals surface area contributed by atoms with E-state index < -0.39 is 5.97 Å². The van der Waals surface area contributed by atoms with Crippen LogP contribution in [0.5, 0.6) is 0 Å². The van der Waals surface area contributed by atoms with Gasteiger partial charge in [-0.15, -0.1) is 0 Å². The van der Waals surface area contributed by atoms with Crippen LogP contribution in [0.1, 0.15) is 44.4 Å². The summed E-state index contributed by atoms with van der Waals surface area (Å²) < 4.78 is 5.92. The molecule has 1 aliphatic rings. The maximum atomic E-state index is 11.2. The second kappa shape index (κ2) is 5.90. The topological polar surface area (TPSA) is 53.7 Å². The van der Waals surface area contributed by atoms with Gasteiger partial charge in [0.2, 0.25) is 0 Å². The normalized spacial score (nSPS) is 17.6. The number of benzene rings is 1. The van der Waals surface area contributed by atoms with Gasteiger partial charge in [-0.2, -0.15) is 0 Å². The molecule has 1 aliphatic carbocycles. The number of para-hydroxylation sites is 1. The minimum atomic E-state index is -0.773. The van der Waals surface area contributed by atoms with Crippen molar-refractivity contribution in [2.75, 3.05) is 6.54 Å². The number of carboxylic acid groups (broad SMARTS) is 1. The molecule has 0 amide bonds. The van der Waals surface area contributed by atoms with Gasteiger partial charge in [0.05, 0.1) is 12.6 Å². The van der Waals surface area contributed by atoms with Crippen LogP contribution >= 0.6 is 0 Å². The molecule has 0 bridgehead atoms. The molecule has 0 radical (unpaired) electrons. The Bertz CT molecular complexity index is 595. The van der Waals surface area contributed by atoms with Crippen LogP contribution < -0.4 is 0 Å². The molecule has 0 spiro atoms. The first-order valence-electron chi connectivity index (χ1n) is 7.61. The van der Waals surface area contributed by atoms with E-state index in [0.29, 0.717) is 6.04 Å². The summed E-state index contributed by atoms with van der Waals surface area (Å²) in [5, 5.41) is 10.3. The van der Waals surface area contributed by atoms with Crippen LogP contribution in [0.4, 0.5) is 0 Å². The standard InChI is InChI=1S/C17H21NO3/c1-12(16-10-13-6-2-5-9-15(13)21-16)18(11-17(19)20)14-7-3-4-8-14/h2,5-6,9-10,12,14H,3-4,7-8,11H2,1H3,(H,19,20). The van der Waals surface area contributed by atoms with E-state index in [2.05, 4.69) is 4.90 Å². The zero-order chi connectivity index (χ0) is 14.8. The van der Waals surface area contributed by atoms with E-state index in [-0.39, 0.29) is 12.6 Å². The second-order valence-electron chi connectivity index (χ2n) is 5.87. The van der Waals surface area contributed by atoms with E-state index in [4.69, 9.17) is 4.42 Å². The minimum absolute atomic E-state index is 0.0170. The molecular weight excluding hydrogens is 266 g/mol. The zero-order valence-corrected chi connectivity index (χ0v) is 12.3.